The van der Waals surface area contributed by atoms with Crippen molar-refractivity contribution in [2.45, 2.75) is 13.0 Å². The van der Waals surface area contributed by atoms with Crippen LogP contribution >= 0.6 is 11.6 Å². The summed E-state index contributed by atoms with van der Waals surface area (Å²) in [5.41, 5.74) is 6.65. The van der Waals surface area contributed by atoms with E-state index in [1.54, 1.807) is 0 Å². The van der Waals surface area contributed by atoms with Gasteiger partial charge in [0.25, 0.3) is 0 Å². The van der Waals surface area contributed by atoms with Crippen LogP contribution in [0.1, 0.15) is 11.1 Å². The molecule has 0 saturated carbocycles. The minimum Gasteiger partial charge on any atom is -0.336 e. The fourth-order valence-corrected chi connectivity index (χ4v) is 3.69. The van der Waals surface area contributed by atoms with Gasteiger partial charge < -0.3 is 9.47 Å². The summed E-state index contributed by atoms with van der Waals surface area (Å²) in [6.07, 6.45) is 0.980. The average molecular weight is 311 g/mol. The number of aromatic nitrogens is 1. The third-order valence-electron chi connectivity index (χ3n) is 4.57. The van der Waals surface area contributed by atoms with Gasteiger partial charge in [0.2, 0.25) is 0 Å². The predicted molar refractivity (Wildman–Crippen MR) is 93.7 cm³/mol. The molecule has 3 aromatic rings. The minimum absolute atomic E-state index is 0.881. The van der Waals surface area contributed by atoms with Gasteiger partial charge in [-0.25, -0.2) is 0 Å². The highest BCUT2D eigenvalue weighted by Crippen LogP contribution is 2.39. The molecular formula is C19H19ClN2. The molecule has 1 aromatic heterocycles. The summed E-state index contributed by atoms with van der Waals surface area (Å²) in [7, 11) is 4.20. The van der Waals surface area contributed by atoms with Gasteiger partial charge in [-0.3, -0.25) is 0 Å². The molecule has 0 fully saturated rings. The summed E-state index contributed by atoms with van der Waals surface area (Å²) < 4.78 is 2.41. The van der Waals surface area contributed by atoms with Gasteiger partial charge in [-0.1, -0.05) is 35.9 Å². The van der Waals surface area contributed by atoms with Gasteiger partial charge in [0.15, 0.2) is 0 Å². The van der Waals surface area contributed by atoms with E-state index in [1.807, 2.05) is 6.07 Å². The molecule has 2 aromatic carbocycles. The summed E-state index contributed by atoms with van der Waals surface area (Å²) in [5, 5.41) is 2.19. The van der Waals surface area contributed by atoms with Gasteiger partial charge in [-0.05, 0) is 49.8 Å². The Bertz CT molecular complexity index is 861. The number of hydrogen-bond donors (Lipinski definition) is 0. The lowest BCUT2D eigenvalue weighted by atomic mass is 10.0. The Hall–Kier alpha value is -1.77. The third-order valence-corrected chi connectivity index (χ3v) is 4.92. The van der Waals surface area contributed by atoms with Crippen LogP contribution in [0, 0.1) is 0 Å². The van der Waals surface area contributed by atoms with E-state index >= 15 is 0 Å². The van der Waals surface area contributed by atoms with Crippen molar-refractivity contribution in [3.05, 3.63) is 58.6 Å². The molecule has 0 spiro atoms. The monoisotopic (exact) mass is 310 g/mol. The highest BCUT2D eigenvalue weighted by Gasteiger charge is 2.22. The van der Waals surface area contributed by atoms with Crippen molar-refractivity contribution in [1.82, 2.24) is 9.47 Å². The van der Waals surface area contributed by atoms with Crippen molar-refractivity contribution in [2.75, 3.05) is 20.6 Å². The van der Waals surface area contributed by atoms with E-state index in [-0.39, 0.29) is 0 Å². The van der Waals surface area contributed by atoms with Gasteiger partial charge in [0.05, 0.1) is 0 Å². The quantitative estimate of drug-likeness (QED) is 0.543. The van der Waals surface area contributed by atoms with Crippen molar-refractivity contribution in [3.8, 4) is 11.3 Å². The van der Waals surface area contributed by atoms with Crippen molar-refractivity contribution in [1.29, 1.82) is 0 Å². The Morgan fingerprint density at radius 1 is 1.14 bits per heavy atom. The maximum absolute atomic E-state index is 6.48. The fraction of sp³-hybridized carbons (Fsp3) is 0.263. The molecule has 112 valence electrons. The maximum Gasteiger partial charge on any atom is 0.0498 e. The zero-order valence-corrected chi connectivity index (χ0v) is 13.7. The molecule has 3 heteroatoms. The summed E-state index contributed by atoms with van der Waals surface area (Å²) in [4.78, 5) is 2.20. The van der Waals surface area contributed by atoms with E-state index in [2.05, 4.69) is 60.0 Å². The molecule has 0 atom stereocenters. The first kappa shape index (κ1) is 13.9. The smallest absolute Gasteiger partial charge is 0.0498 e. The molecule has 0 unspecified atom stereocenters. The fourth-order valence-electron chi connectivity index (χ4n) is 3.43. The third kappa shape index (κ3) is 2.06. The van der Waals surface area contributed by atoms with Crippen LogP contribution < -0.4 is 0 Å². The zero-order valence-electron chi connectivity index (χ0n) is 12.9. The average Bonchev–Trinajstić information content (AvgIpc) is 3.02. The summed E-state index contributed by atoms with van der Waals surface area (Å²) >= 11 is 6.48. The Labute approximate surface area is 135 Å². The second-order valence-corrected chi connectivity index (χ2v) is 6.69. The maximum atomic E-state index is 6.48. The molecule has 0 amide bonds. The van der Waals surface area contributed by atoms with E-state index in [9.17, 15) is 0 Å². The number of likely N-dealkylation sites (N-methyl/N-ethyl adjacent to an activating group) is 1. The molecule has 0 N–H and O–H groups in total. The normalized spacial score (nSPS) is 12.9. The topological polar surface area (TPSA) is 8.17 Å². The van der Waals surface area contributed by atoms with Gasteiger partial charge in [0.1, 0.15) is 0 Å². The summed E-state index contributed by atoms with van der Waals surface area (Å²) in [5.74, 6) is 0. The van der Waals surface area contributed by atoms with E-state index in [0.29, 0.717) is 0 Å². The Kier molecular flexibility index (Phi) is 3.24. The molecule has 2 nitrogen and oxygen atoms in total. The molecule has 1 aliphatic heterocycles. The van der Waals surface area contributed by atoms with Crippen LogP contribution in [-0.4, -0.2) is 30.1 Å². The van der Waals surface area contributed by atoms with Crippen molar-refractivity contribution in [3.63, 3.8) is 0 Å². The molecule has 0 radical (unpaired) electrons. The van der Waals surface area contributed by atoms with Gasteiger partial charge in [-0.2, -0.15) is 0 Å². The zero-order chi connectivity index (χ0) is 15.3. The summed E-state index contributed by atoms with van der Waals surface area (Å²) in [6, 6.07) is 15.2. The lowest BCUT2D eigenvalue weighted by molar-refractivity contribution is 0.414. The first-order valence-electron chi connectivity index (χ1n) is 7.69. The highest BCUT2D eigenvalue weighted by molar-refractivity contribution is 6.32. The molecule has 1 aliphatic rings. The highest BCUT2D eigenvalue weighted by atomic mass is 35.5. The van der Waals surface area contributed by atoms with Crippen LogP contribution in [0.25, 0.3) is 22.2 Å². The van der Waals surface area contributed by atoms with E-state index in [0.717, 1.165) is 24.5 Å². The molecule has 0 bridgehead atoms. The largest absolute Gasteiger partial charge is 0.336 e. The molecule has 4 rings (SSSR count). The van der Waals surface area contributed by atoms with E-state index in [1.165, 1.54) is 33.3 Å². The van der Waals surface area contributed by atoms with E-state index in [4.69, 9.17) is 11.6 Å². The molecule has 0 aliphatic carbocycles. The minimum atomic E-state index is 0.881. The van der Waals surface area contributed by atoms with Gasteiger partial charge in [0, 0.05) is 40.3 Å². The molecule has 22 heavy (non-hydrogen) atoms. The lowest BCUT2D eigenvalue weighted by Crippen LogP contribution is -2.15. The van der Waals surface area contributed by atoms with Crippen LogP contribution in [0.15, 0.2) is 42.5 Å². The molecule has 0 saturated heterocycles. The van der Waals surface area contributed by atoms with E-state index < -0.39 is 0 Å². The van der Waals surface area contributed by atoms with Gasteiger partial charge in [-0.15, -0.1) is 0 Å². The van der Waals surface area contributed by atoms with Crippen molar-refractivity contribution in [2.24, 2.45) is 0 Å². The number of hydrogen-bond acceptors (Lipinski definition) is 1. The number of benzene rings is 2. The Morgan fingerprint density at radius 3 is 2.77 bits per heavy atom. The first-order valence-corrected chi connectivity index (χ1v) is 8.06. The second-order valence-electron chi connectivity index (χ2n) is 6.28. The lowest BCUT2D eigenvalue weighted by Gasteiger charge is -2.12. The van der Waals surface area contributed by atoms with Crippen LogP contribution in [0.2, 0.25) is 5.02 Å². The van der Waals surface area contributed by atoms with Crippen LogP contribution in [0.5, 0.6) is 0 Å². The second kappa shape index (κ2) is 5.15. The predicted octanol–water partition coefficient (Wildman–Crippen LogP) is 4.43. The van der Waals surface area contributed by atoms with Crippen LogP contribution in [-0.2, 0) is 13.0 Å². The Morgan fingerprint density at radius 2 is 1.95 bits per heavy atom. The van der Waals surface area contributed by atoms with Crippen LogP contribution in [0.3, 0.4) is 0 Å². The number of nitrogens with zero attached hydrogens (tertiary/aromatic N) is 2. The molecular weight excluding hydrogens is 292 g/mol. The first-order chi connectivity index (χ1) is 10.6. The summed E-state index contributed by atoms with van der Waals surface area (Å²) in [6.45, 7) is 1.97. The number of rotatable bonds is 3. The van der Waals surface area contributed by atoms with Crippen LogP contribution in [0.4, 0.5) is 0 Å². The number of halogens is 1. The van der Waals surface area contributed by atoms with Crippen molar-refractivity contribution >= 4 is 22.5 Å². The number of fused-ring (bicyclic) bond motifs is 5. The standard InChI is InChI=1S/C19H19ClN2/c1-21(2)10-9-15-16-11-19-14-6-4-3-5-13(14)12-22(19)18(16)8-7-17(15)20/h3-8,11H,9-10,12H2,1-2H3. The Balaban J connectivity index is 1.89. The van der Waals surface area contributed by atoms with Crippen molar-refractivity contribution < 1.29 is 0 Å². The van der Waals surface area contributed by atoms with Gasteiger partial charge >= 0.3 is 0 Å². The molecule has 2 heterocycles. The SMILES string of the molecule is CN(C)CCc1c(Cl)ccc2c1cc1n2Cc2ccccc2-1.